The van der Waals surface area contributed by atoms with E-state index in [9.17, 15) is 4.79 Å². The molecule has 0 radical (unpaired) electrons. The summed E-state index contributed by atoms with van der Waals surface area (Å²) in [5.41, 5.74) is 0.335. The third-order valence-corrected chi connectivity index (χ3v) is 3.47. The van der Waals surface area contributed by atoms with Crippen molar-refractivity contribution in [2.24, 2.45) is 0 Å². The zero-order chi connectivity index (χ0) is 14.5. The Morgan fingerprint density at radius 2 is 2.33 bits per heavy atom. The largest absolute Gasteiger partial charge is 0.350 e. The van der Waals surface area contributed by atoms with E-state index in [1.165, 1.54) is 6.39 Å². The van der Waals surface area contributed by atoms with E-state index in [0.717, 1.165) is 25.9 Å². The quantitative estimate of drug-likeness (QED) is 0.768. The zero-order valence-corrected chi connectivity index (χ0v) is 11.5. The smallest absolute Gasteiger partial charge is 0.273 e. The van der Waals surface area contributed by atoms with Gasteiger partial charge >= 0.3 is 0 Å². The molecule has 1 aliphatic rings. The molecule has 2 N–H and O–H groups in total. The number of aromatic nitrogens is 5. The Hall–Kier alpha value is -2.29. The number of nitrogens with one attached hydrogen (secondary N) is 2. The summed E-state index contributed by atoms with van der Waals surface area (Å²) in [6.45, 7) is 2.37. The molecule has 112 valence electrons. The lowest BCUT2D eigenvalue weighted by atomic mass is 10.1. The van der Waals surface area contributed by atoms with Gasteiger partial charge < -0.3 is 15.2 Å². The average molecular weight is 291 g/mol. The molecule has 0 atom stereocenters. The van der Waals surface area contributed by atoms with Crippen LogP contribution in [0.3, 0.4) is 0 Å². The molecule has 9 nitrogen and oxygen atoms in total. The third-order valence-electron chi connectivity index (χ3n) is 3.47. The average Bonchev–Trinajstić information content (AvgIpc) is 3.20. The van der Waals surface area contributed by atoms with Crippen LogP contribution in [-0.4, -0.2) is 50.7 Å². The Labute approximate surface area is 121 Å². The van der Waals surface area contributed by atoms with Crippen LogP contribution in [0.25, 0.3) is 0 Å². The summed E-state index contributed by atoms with van der Waals surface area (Å²) in [7, 11) is 0. The number of amides is 1. The third kappa shape index (κ3) is 3.43. The molecule has 1 fully saturated rings. The Bertz CT molecular complexity index is 574. The van der Waals surface area contributed by atoms with Gasteiger partial charge in [0.25, 0.3) is 5.91 Å². The van der Waals surface area contributed by atoms with Crippen LogP contribution < -0.4 is 10.6 Å². The van der Waals surface area contributed by atoms with Gasteiger partial charge in [0.15, 0.2) is 11.5 Å². The lowest BCUT2D eigenvalue weighted by molar-refractivity contribution is 0.0949. The Morgan fingerprint density at radius 3 is 3.10 bits per heavy atom. The highest BCUT2D eigenvalue weighted by Gasteiger charge is 2.18. The van der Waals surface area contributed by atoms with Crippen molar-refractivity contribution in [2.45, 2.75) is 25.3 Å². The number of carbonyl (C=O) groups is 1. The van der Waals surface area contributed by atoms with Crippen LogP contribution in [0.4, 0.5) is 0 Å². The Morgan fingerprint density at radius 1 is 1.48 bits per heavy atom. The lowest BCUT2D eigenvalue weighted by Crippen LogP contribution is -2.29. The van der Waals surface area contributed by atoms with Crippen molar-refractivity contribution in [1.82, 2.24) is 35.8 Å². The molecule has 0 bridgehead atoms. The number of hydrogen-bond acceptors (Lipinski definition) is 7. The van der Waals surface area contributed by atoms with Crippen LogP contribution in [0.5, 0.6) is 0 Å². The molecule has 21 heavy (non-hydrogen) atoms. The van der Waals surface area contributed by atoms with Crippen LogP contribution in [0.1, 0.15) is 35.2 Å². The molecular formula is C12H17N7O2. The van der Waals surface area contributed by atoms with Gasteiger partial charge in [-0.15, -0.1) is 5.10 Å². The fraction of sp³-hybridized carbons (Fsp3) is 0.583. The van der Waals surface area contributed by atoms with Crippen molar-refractivity contribution in [3.05, 3.63) is 24.1 Å². The van der Waals surface area contributed by atoms with Gasteiger partial charge in [-0.25, -0.2) is 4.68 Å². The molecule has 0 unspecified atom stereocenters. The highest BCUT2D eigenvalue weighted by Crippen LogP contribution is 2.16. The molecule has 2 aromatic heterocycles. The minimum Gasteiger partial charge on any atom is -0.350 e. The van der Waals surface area contributed by atoms with Crippen molar-refractivity contribution >= 4 is 5.91 Å². The van der Waals surface area contributed by atoms with Crippen molar-refractivity contribution in [3.63, 3.8) is 0 Å². The van der Waals surface area contributed by atoms with Gasteiger partial charge in [-0.05, 0) is 25.9 Å². The predicted molar refractivity (Wildman–Crippen MR) is 71.5 cm³/mol. The maximum absolute atomic E-state index is 12.0. The number of nitrogens with zero attached hydrogens (tertiary/aromatic N) is 5. The summed E-state index contributed by atoms with van der Waals surface area (Å²) < 4.78 is 6.41. The molecule has 1 amide bonds. The topological polar surface area (TPSA) is 111 Å². The van der Waals surface area contributed by atoms with E-state index < -0.39 is 0 Å². The van der Waals surface area contributed by atoms with Crippen LogP contribution in [-0.2, 0) is 6.42 Å². The monoisotopic (exact) mass is 291 g/mol. The van der Waals surface area contributed by atoms with E-state index in [4.69, 9.17) is 0 Å². The van der Waals surface area contributed by atoms with Crippen molar-refractivity contribution in [3.8, 4) is 0 Å². The van der Waals surface area contributed by atoms with E-state index in [1.807, 2.05) is 0 Å². The molecule has 0 aromatic carbocycles. The van der Waals surface area contributed by atoms with Gasteiger partial charge in [-0.3, -0.25) is 4.79 Å². The van der Waals surface area contributed by atoms with Gasteiger partial charge in [0.05, 0.1) is 12.2 Å². The number of carbonyl (C=O) groups excluding carboxylic acids is 1. The highest BCUT2D eigenvalue weighted by atomic mass is 16.5. The first kappa shape index (κ1) is 13.7. The van der Waals surface area contributed by atoms with Crippen molar-refractivity contribution in [2.75, 3.05) is 19.6 Å². The van der Waals surface area contributed by atoms with Gasteiger partial charge in [0, 0.05) is 13.0 Å². The summed E-state index contributed by atoms with van der Waals surface area (Å²) in [6.07, 6.45) is 5.50. The molecule has 1 aliphatic heterocycles. The molecule has 2 aromatic rings. The first-order valence-electron chi connectivity index (χ1n) is 6.99. The fourth-order valence-electron chi connectivity index (χ4n) is 2.31. The van der Waals surface area contributed by atoms with Gasteiger partial charge in [0.1, 0.15) is 0 Å². The molecular weight excluding hydrogens is 274 g/mol. The van der Waals surface area contributed by atoms with Crippen molar-refractivity contribution < 1.29 is 9.32 Å². The maximum Gasteiger partial charge on any atom is 0.273 e. The fourth-order valence-corrected chi connectivity index (χ4v) is 2.31. The Balaban J connectivity index is 1.51. The SMILES string of the molecule is O=C(NCCc1ncon1)c1cn(C2CCNCC2)nn1. The minimum atomic E-state index is -0.237. The van der Waals surface area contributed by atoms with Crippen LogP contribution in [0.15, 0.2) is 17.1 Å². The predicted octanol–water partition coefficient (Wildman–Crippen LogP) is -0.442. The molecule has 0 spiro atoms. The summed E-state index contributed by atoms with van der Waals surface area (Å²) >= 11 is 0. The highest BCUT2D eigenvalue weighted by molar-refractivity contribution is 5.91. The molecule has 3 heterocycles. The van der Waals surface area contributed by atoms with Gasteiger partial charge in [-0.1, -0.05) is 10.4 Å². The Kier molecular flexibility index (Phi) is 4.20. The van der Waals surface area contributed by atoms with Gasteiger partial charge in [0.2, 0.25) is 6.39 Å². The number of piperidine rings is 1. The second-order valence-electron chi connectivity index (χ2n) is 4.92. The first-order chi connectivity index (χ1) is 10.3. The van der Waals surface area contributed by atoms with Gasteiger partial charge in [-0.2, -0.15) is 4.98 Å². The number of hydrogen-bond donors (Lipinski definition) is 2. The van der Waals surface area contributed by atoms with Crippen molar-refractivity contribution in [1.29, 1.82) is 0 Å². The summed E-state index contributed by atoms with van der Waals surface area (Å²) in [5.74, 6) is 0.326. The van der Waals surface area contributed by atoms with E-state index in [1.54, 1.807) is 10.9 Å². The standard InChI is InChI=1S/C12H17N7O2/c20-12(14-6-3-11-15-8-21-17-11)10-7-19(18-16-10)9-1-4-13-5-2-9/h7-9,13H,1-6H2,(H,14,20). The van der Waals surface area contributed by atoms with E-state index in [-0.39, 0.29) is 5.91 Å². The van der Waals surface area contributed by atoms with Crippen LogP contribution in [0, 0.1) is 0 Å². The second kappa shape index (κ2) is 6.44. The minimum absolute atomic E-state index is 0.237. The summed E-state index contributed by atoms with van der Waals surface area (Å²) in [4.78, 5) is 15.8. The molecule has 3 rings (SSSR count). The van der Waals surface area contributed by atoms with Crippen LogP contribution >= 0.6 is 0 Å². The normalized spacial score (nSPS) is 16.0. The second-order valence-corrected chi connectivity index (χ2v) is 4.92. The summed E-state index contributed by atoms with van der Waals surface area (Å²) in [5, 5.41) is 17.7. The first-order valence-corrected chi connectivity index (χ1v) is 6.99. The molecule has 0 aliphatic carbocycles. The molecule has 1 saturated heterocycles. The summed E-state index contributed by atoms with van der Waals surface area (Å²) in [6, 6.07) is 0.319. The van der Waals surface area contributed by atoms with E-state index >= 15 is 0 Å². The van der Waals surface area contributed by atoms with E-state index in [2.05, 4.69) is 35.6 Å². The number of rotatable bonds is 5. The lowest BCUT2D eigenvalue weighted by Gasteiger charge is -2.22. The molecule has 9 heteroatoms. The maximum atomic E-state index is 12.0. The van der Waals surface area contributed by atoms with Crippen LogP contribution in [0.2, 0.25) is 0 Å². The molecule has 0 saturated carbocycles. The zero-order valence-electron chi connectivity index (χ0n) is 11.5. The van der Waals surface area contributed by atoms with E-state index in [0.29, 0.717) is 30.5 Å².